The molecule has 4 fully saturated rings. The van der Waals surface area contributed by atoms with E-state index in [0.29, 0.717) is 37.3 Å². The quantitative estimate of drug-likeness (QED) is 0.734. The van der Waals surface area contributed by atoms with Gasteiger partial charge in [-0.05, 0) is 49.0 Å². The summed E-state index contributed by atoms with van der Waals surface area (Å²) in [5.41, 5.74) is 3.11. The molecule has 2 amide bonds. The Morgan fingerprint density at radius 2 is 2.04 bits per heavy atom. The van der Waals surface area contributed by atoms with Gasteiger partial charge in [-0.2, -0.15) is 0 Å². The number of imide groups is 1. The van der Waals surface area contributed by atoms with E-state index < -0.39 is 0 Å². The van der Waals surface area contributed by atoms with Crippen molar-refractivity contribution in [3.8, 4) is 0 Å². The minimum absolute atomic E-state index is 0.155. The standard InChI is InChI=1S/C19H25N3O3/c23-16-5-4-15(18(24)21-16)22-6-7-25-17-13(2-1-3-14(17)22)12-8-19(9-12)10-20-11-19/h3,12,15,20H,1-2,4-11H2,(H,21,23,24). The molecule has 1 atom stereocenters. The van der Waals surface area contributed by atoms with Crippen LogP contribution < -0.4 is 10.6 Å². The highest BCUT2D eigenvalue weighted by Crippen LogP contribution is 2.54. The Hall–Kier alpha value is -1.82. The monoisotopic (exact) mass is 343 g/mol. The Morgan fingerprint density at radius 3 is 2.76 bits per heavy atom. The molecule has 1 unspecified atom stereocenters. The predicted molar refractivity (Wildman–Crippen MR) is 91.2 cm³/mol. The number of morpholine rings is 1. The van der Waals surface area contributed by atoms with Gasteiger partial charge in [0, 0.05) is 19.5 Å². The van der Waals surface area contributed by atoms with E-state index in [4.69, 9.17) is 4.74 Å². The lowest BCUT2D eigenvalue weighted by molar-refractivity contribution is -0.137. The molecule has 0 radical (unpaired) electrons. The largest absolute Gasteiger partial charge is 0.490 e. The highest BCUT2D eigenvalue weighted by atomic mass is 16.5. The van der Waals surface area contributed by atoms with Crippen molar-refractivity contribution in [1.82, 2.24) is 15.5 Å². The van der Waals surface area contributed by atoms with Crippen molar-refractivity contribution < 1.29 is 14.3 Å². The molecule has 2 N–H and O–H groups in total. The minimum atomic E-state index is -0.245. The van der Waals surface area contributed by atoms with Gasteiger partial charge in [-0.3, -0.25) is 14.9 Å². The van der Waals surface area contributed by atoms with Crippen molar-refractivity contribution in [3.63, 3.8) is 0 Å². The molecule has 6 nitrogen and oxygen atoms in total. The maximum absolute atomic E-state index is 12.3. The number of hydrogen-bond acceptors (Lipinski definition) is 5. The van der Waals surface area contributed by atoms with Crippen LogP contribution in [0.3, 0.4) is 0 Å². The molecule has 0 aromatic rings. The number of allylic oxidation sites excluding steroid dienone is 2. The van der Waals surface area contributed by atoms with Crippen LogP contribution in [0.5, 0.6) is 0 Å². The highest BCUT2D eigenvalue weighted by Gasteiger charge is 2.50. The van der Waals surface area contributed by atoms with Crippen LogP contribution in [0.15, 0.2) is 23.1 Å². The van der Waals surface area contributed by atoms with Crippen LogP contribution in [0.1, 0.15) is 38.5 Å². The van der Waals surface area contributed by atoms with E-state index in [1.54, 1.807) is 0 Å². The van der Waals surface area contributed by atoms with Crippen LogP contribution in [-0.2, 0) is 14.3 Å². The third-order valence-electron chi connectivity index (χ3n) is 6.60. The second kappa shape index (κ2) is 5.59. The summed E-state index contributed by atoms with van der Waals surface area (Å²) in [6.07, 6.45) is 7.88. The van der Waals surface area contributed by atoms with Crippen molar-refractivity contribution >= 4 is 11.8 Å². The molecule has 134 valence electrons. The van der Waals surface area contributed by atoms with Gasteiger partial charge in [0.15, 0.2) is 0 Å². The molecule has 0 aromatic carbocycles. The topological polar surface area (TPSA) is 70.7 Å². The summed E-state index contributed by atoms with van der Waals surface area (Å²) in [6.45, 7) is 3.66. The van der Waals surface area contributed by atoms with Crippen LogP contribution in [0.4, 0.5) is 0 Å². The third-order valence-corrected chi connectivity index (χ3v) is 6.60. The number of carbonyl (C=O) groups excluding carboxylic acids is 2. The second-order valence-corrected chi connectivity index (χ2v) is 8.20. The number of hydrogen-bond donors (Lipinski definition) is 2. The van der Waals surface area contributed by atoms with Crippen molar-refractivity contribution in [1.29, 1.82) is 0 Å². The molecule has 5 aliphatic rings. The molecule has 3 saturated heterocycles. The summed E-state index contributed by atoms with van der Waals surface area (Å²) in [7, 11) is 0. The zero-order valence-electron chi connectivity index (χ0n) is 14.5. The molecule has 0 aromatic heterocycles. The molecule has 0 bridgehead atoms. The molecule has 5 rings (SSSR count). The van der Waals surface area contributed by atoms with Gasteiger partial charge in [0.1, 0.15) is 18.4 Å². The van der Waals surface area contributed by atoms with Gasteiger partial charge in [0.2, 0.25) is 11.8 Å². The van der Waals surface area contributed by atoms with Crippen molar-refractivity contribution in [2.75, 3.05) is 26.2 Å². The number of ether oxygens (including phenoxy) is 1. The molecule has 3 aliphatic heterocycles. The van der Waals surface area contributed by atoms with E-state index in [0.717, 1.165) is 37.4 Å². The maximum Gasteiger partial charge on any atom is 0.249 e. The molecule has 2 aliphatic carbocycles. The summed E-state index contributed by atoms with van der Waals surface area (Å²) >= 11 is 0. The molecular weight excluding hydrogens is 318 g/mol. The Morgan fingerprint density at radius 1 is 1.20 bits per heavy atom. The molecule has 3 heterocycles. The van der Waals surface area contributed by atoms with Gasteiger partial charge in [0.05, 0.1) is 12.2 Å². The van der Waals surface area contributed by atoms with Gasteiger partial charge in [-0.1, -0.05) is 6.08 Å². The number of carbonyl (C=O) groups is 2. The molecule has 25 heavy (non-hydrogen) atoms. The van der Waals surface area contributed by atoms with E-state index >= 15 is 0 Å². The average molecular weight is 343 g/mol. The number of nitrogens with one attached hydrogen (secondary N) is 2. The van der Waals surface area contributed by atoms with E-state index in [2.05, 4.69) is 21.6 Å². The zero-order chi connectivity index (χ0) is 17.0. The SMILES string of the molecule is O=C1CCC(N2CCOC3=C(C4CC5(CNC5)C4)CCC=C32)C(=O)N1. The Kier molecular flexibility index (Phi) is 3.45. The lowest BCUT2D eigenvalue weighted by atomic mass is 9.56. The first kappa shape index (κ1) is 15.4. The smallest absolute Gasteiger partial charge is 0.249 e. The van der Waals surface area contributed by atoms with Gasteiger partial charge < -0.3 is 15.0 Å². The van der Waals surface area contributed by atoms with E-state index in [9.17, 15) is 9.59 Å². The average Bonchev–Trinajstić information content (AvgIpc) is 2.52. The van der Waals surface area contributed by atoms with Crippen molar-refractivity contribution in [2.45, 2.75) is 44.6 Å². The van der Waals surface area contributed by atoms with Gasteiger partial charge in [-0.15, -0.1) is 0 Å². The number of amides is 2. The summed E-state index contributed by atoms with van der Waals surface area (Å²) < 4.78 is 6.10. The Bertz CT molecular complexity index is 684. The fourth-order valence-corrected chi connectivity index (χ4v) is 5.21. The van der Waals surface area contributed by atoms with E-state index in [1.807, 2.05) is 0 Å². The van der Waals surface area contributed by atoms with E-state index in [-0.39, 0.29) is 17.9 Å². The van der Waals surface area contributed by atoms with Crippen molar-refractivity contribution in [2.24, 2.45) is 11.3 Å². The van der Waals surface area contributed by atoms with Crippen LogP contribution in [0, 0.1) is 11.3 Å². The van der Waals surface area contributed by atoms with Gasteiger partial charge >= 0.3 is 0 Å². The maximum atomic E-state index is 12.3. The summed E-state index contributed by atoms with van der Waals surface area (Å²) in [4.78, 5) is 26.0. The molecule has 1 saturated carbocycles. The van der Waals surface area contributed by atoms with Crippen LogP contribution in [0.25, 0.3) is 0 Å². The molecular formula is C19H25N3O3. The third kappa shape index (κ3) is 2.41. The first-order chi connectivity index (χ1) is 12.2. The summed E-state index contributed by atoms with van der Waals surface area (Å²) in [6, 6.07) is -0.245. The normalized spacial score (nSPS) is 31.6. The summed E-state index contributed by atoms with van der Waals surface area (Å²) in [5, 5.41) is 5.90. The van der Waals surface area contributed by atoms with Crippen LogP contribution in [0.2, 0.25) is 0 Å². The molecule has 6 heteroatoms. The molecule has 1 spiro atoms. The van der Waals surface area contributed by atoms with Crippen molar-refractivity contribution in [3.05, 3.63) is 23.1 Å². The van der Waals surface area contributed by atoms with Gasteiger partial charge in [-0.25, -0.2) is 0 Å². The lowest BCUT2D eigenvalue weighted by Crippen LogP contribution is -2.60. The fraction of sp³-hybridized carbons (Fsp3) is 0.684. The Labute approximate surface area is 147 Å². The summed E-state index contributed by atoms with van der Waals surface area (Å²) in [5.74, 6) is 1.36. The number of fused-ring (bicyclic) bond motifs is 1. The van der Waals surface area contributed by atoms with Crippen LogP contribution in [-0.4, -0.2) is 49.0 Å². The first-order valence-electron chi connectivity index (χ1n) is 9.53. The van der Waals surface area contributed by atoms with Crippen LogP contribution >= 0.6 is 0 Å². The Balaban J connectivity index is 1.38. The van der Waals surface area contributed by atoms with E-state index in [1.165, 1.54) is 18.4 Å². The first-order valence-corrected chi connectivity index (χ1v) is 9.53. The second-order valence-electron chi connectivity index (χ2n) is 8.20. The van der Waals surface area contributed by atoms with Gasteiger partial charge in [0.25, 0.3) is 0 Å². The predicted octanol–water partition coefficient (Wildman–Crippen LogP) is 1.06. The highest BCUT2D eigenvalue weighted by molar-refractivity contribution is 6.00. The zero-order valence-corrected chi connectivity index (χ0v) is 14.5. The minimum Gasteiger partial charge on any atom is -0.490 e. The number of rotatable bonds is 2. The number of nitrogens with zero attached hydrogens (tertiary/aromatic N) is 1. The fourth-order valence-electron chi connectivity index (χ4n) is 5.21. The number of piperidine rings is 1. The lowest BCUT2D eigenvalue weighted by Gasteiger charge is -2.56.